The van der Waals surface area contributed by atoms with Crippen molar-refractivity contribution in [1.82, 2.24) is 0 Å². The Morgan fingerprint density at radius 3 is 1.73 bits per heavy atom. The smallest absolute Gasteiger partial charge is 0.330 e. The molecule has 0 fully saturated rings. The molecule has 0 aromatic heterocycles. The second kappa shape index (κ2) is 9.88. The van der Waals surface area contributed by atoms with Gasteiger partial charge in [-0.15, -0.1) is 23.5 Å². The van der Waals surface area contributed by atoms with Crippen molar-refractivity contribution in [2.45, 2.75) is 15.9 Å². The minimum atomic E-state index is -0.378. The second-order valence-corrected chi connectivity index (χ2v) is 8.96. The van der Waals surface area contributed by atoms with E-state index in [1.807, 2.05) is 12.1 Å². The maximum absolute atomic E-state index is 11.9. The summed E-state index contributed by atoms with van der Waals surface area (Å²) in [7, 11) is 0. The lowest BCUT2D eigenvalue weighted by atomic mass is 10.1. The van der Waals surface area contributed by atoms with Crippen molar-refractivity contribution in [3.63, 3.8) is 0 Å². The van der Waals surface area contributed by atoms with E-state index in [0.717, 1.165) is 0 Å². The third-order valence-corrected chi connectivity index (χ3v) is 7.21. The quantitative estimate of drug-likeness (QED) is 0.171. The van der Waals surface area contributed by atoms with Gasteiger partial charge in [0.05, 0.1) is 0 Å². The molecular weight excluding hydrogens is 408 g/mol. The van der Waals surface area contributed by atoms with Crippen molar-refractivity contribution in [3.05, 3.63) is 97.6 Å². The van der Waals surface area contributed by atoms with Gasteiger partial charge in [0.15, 0.2) is 0 Å². The number of carbonyl (C=O) groups excluding carboxylic acids is 1. The number of hydrogen-bond donors (Lipinski definition) is 0. The maximum Gasteiger partial charge on any atom is 0.330 e. The van der Waals surface area contributed by atoms with E-state index < -0.39 is 0 Å². The van der Waals surface area contributed by atoms with Gasteiger partial charge >= 0.3 is 5.97 Å². The molecule has 4 rings (SSSR count). The minimum Gasteiger partial charge on any atom is -0.457 e. The third kappa shape index (κ3) is 4.89. The standard InChI is InChI=1S/C26H22O2S2/c1-2-26(27)28-21(17-29-24-15-7-11-19-9-3-5-13-22(19)24)18-30-25-16-8-12-20-10-4-6-14-23(20)25/h2-16,21H,1,17-18H2. The Hall–Kier alpha value is -2.69. The van der Waals surface area contributed by atoms with E-state index in [4.69, 9.17) is 4.74 Å². The van der Waals surface area contributed by atoms with Crippen LogP contribution in [-0.2, 0) is 9.53 Å². The van der Waals surface area contributed by atoms with Crippen molar-refractivity contribution in [1.29, 1.82) is 0 Å². The van der Waals surface area contributed by atoms with E-state index in [0.29, 0.717) is 11.5 Å². The summed E-state index contributed by atoms with van der Waals surface area (Å²) >= 11 is 3.45. The number of thioether (sulfide) groups is 2. The number of fused-ring (bicyclic) bond motifs is 2. The van der Waals surface area contributed by atoms with Gasteiger partial charge in [-0.1, -0.05) is 79.4 Å². The summed E-state index contributed by atoms with van der Waals surface area (Å²) in [6.07, 6.45) is 1.02. The maximum atomic E-state index is 11.9. The van der Waals surface area contributed by atoms with Crippen molar-refractivity contribution in [3.8, 4) is 0 Å². The molecule has 4 heteroatoms. The largest absolute Gasteiger partial charge is 0.457 e. The van der Waals surface area contributed by atoms with Gasteiger partial charge in [0, 0.05) is 27.4 Å². The number of benzene rings is 4. The fourth-order valence-corrected chi connectivity index (χ4v) is 5.62. The summed E-state index contributed by atoms with van der Waals surface area (Å²) in [5.41, 5.74) is 0. The Kier molecular flexibility index (Phi) is 6.77. The summed E-state index contributed by atoms with van der Waals surface area (Å²) in [5, 5.41) is 4.88. The zero-order valence-corrected chi connectivity index (χ0v) is 18.1. The molecule has 0 unspecified atom stereocenters. The van der Waals surface area contributed by atoms with Gasteiger partial charge in [0.25, 0.3) is 0 Å². The highest BCUT2D eigenvalue weighted by molar-refractivity contribution is 8.00. The summed E-state index contributed by atoms with van der Waals surface area (Å²) < 4.78 is 5.67. The molecule has 0 radical (unpaired) electrons. The van der Waals surface area contributed by atoms with Crippen LogP contribution in [0.2, 0.25) is 0 Å². The number of esters is 1. The van der Waals surface area contributed by atoms with E-state index >= 15 is 0 Å². The lowest BCUT2D eigenvalue weighted by Gasteiger charge is -2.17. The van der Waals surface area contributed by atoms with Gasteiger partial charge in [0.2, 0.25) is 0 Å². The van der Waals surface area contributed by atoms with E-state index in [-0.39, 0.29) is 12.1 Å². The van der Waals surface area contributed by atoms with Crippen LogP contribution in [-0.4, -0.2) is 23.6 Å². The molecule has 0 aliphatic heterocycles. The highest BCUT2D eigenvalue weighted by atomic mass is 32.2. The van der Waals surface area contributed by atoms with Gasteiger partial charge in [-0.3, -0.25) is 0 Å². The Morgan fingerprint density at radius 2 is 1.23 bits per heavy atom. The van der Waals surface area contributed by atoms with Crippen molar-refractivity contribution in [2.75, 3.05) is 11.5 Å². The molecule has 0 aliphatic rings. The third-order valence-electron chi connectivity index (χ3n) is 4.80. The van der Waals surface area contributed by atoms with E-state index in [9.17, 15) is 4.79 Å². The van der Waals surface area contributed by atoms with Gasteiger partial charge < -0.3 is 4.74 Å². The summed E-state index contributed by atoms with van der Waals surface area (Å²) in [6, 6.07) is 29.3. The van der Waals surface area contributed by atoms with Crippen LogP contribution in [0.1, 0.15) is 0 Å². The van der Waals surface area contributed by atoms with E-state index in [2.05, 4.69) is 79.4 Å². The van der Waals surface area contributed by atoms with Crippen LogP contribution in [0.3, 0.4) is 0 Å². The second-order valence-electron chi connectivity index (χ2n) is 6.84. The molecular formula is C26H22O2S2. The fraction of sp³-hybridized carbons (Fsp3) is 0.115. The van der Waals surface area contributed by atoms with Crippen LogP contribution in [0.15, 0.2) is 107 Å². The average Bonchev–Trinajstić information content (AvgIpc) is 2.80. The molecule has 0 saturated heterocycles. The first-order valence-electron chi connectivity index (χ1n) is 9.79. The molecule has 0 saturated carbocycles. The molecule has 0 atom stereocenters. The number of carbonyl (C=O) groups is 1. The van der Waals surface area contributed by atoms with E-state index in [1.165, 1.54) is 37.4 Å². The molecule has 2 nitrogen and oxygen atoms in total. The Labute approximate surface area is 185 Å². The first-order valence-corrected chi connectivity index (χ1v) is 11.8. The molecule has 0 bridgehead atoms. The van der Waals surface area contributed by atoms with Gasteiger partial charge in [0.1, 0.15) is 6.10 Å². The number of ether oxygens (including phenoxy) is 1. The van der Waals surface area contributed by atoms with Gasteiger partial charge in [-0.05, 0) is 33.7 Å². The van der Waals surface area contributed by atoms with Crippen molar-refractivity contribution in [2.24, 2.45) is 0 Å². The first-order chi connectivity index (χ1) is 14.7. The molecule has 0 aliphatic carbocycles. The topological polar surface area (TPSA) is 26.3 Å². The van der Waals surface area contributed by atoms with Crippen LogP contribution in [0.25, 0.3) is 21.5 Å². The SMILES string of the molecule is C=CC(=O)OC(CSc1cccc2ccccc12)CSc1cccc2ccccc12. The van der Waals surface area contributed by atoms with Crippen LogP contribution in [0.4, 0.5) is 0 Å². The summed E-state index contributed by atoms with van der Waals surface area (Å²) in [5.74, 6) is 0.994. The number of hydrogen-bond acceptors (Lipinski definition) is 4. The monoisotopic (exact) mass is 430 g/mol. The number of rotatable bonds is 8. The zero-order valence-electron chi connectivity index (χ0n) is 16.5. The lowest BCUT2D eigenvalue weighted by Crippen LogP contribution is -2.22. The van der Waals surface area contributed by atoms with Crippen LogP contribution < -0.4 is 0 Å². The Balaban J connectivity index is 1.50. The normalized spacial score (nSPS) is 11.1. The molecule has 4 aromatic carbocycles. The van der Waals surface area contributed by atoms with Crippen molar-refractivity contribution < 1.29 is 9.53 Å². The minimum absolute atomic E-state index is 0.219. The average molecular weight is 431 g/mol. The fourth-order valence-electron chi connectivity index (χ4n) is 3.34. The molecule has 0 N–H and O–H groups in total. The van der Waals surface area contributed by atoms with Gasteiger partial charge in [-0.25, -0.2) is 4.79 Å². The van der Waals surface area contributed by atoms with E-state index in [1.54, 1.807) is 23.5 Å². The Morgan fingerprint density at radius 1 is 0.767 bits per heavy atom. The molecule has 0 amide bonds. The lowest BCUT2D eigenvalue weighted by molar-refractivity contribution is -0.140. The predicted molar refractivity (Wildman–Crippen MR) is 129 cm³/mol. The molecule has 150 valence electrons. The molecule has 0 spiro atoms. The predicted octanol–water partition coefficient (Wildman–Crippen LogP) is 6.98. The molecule has 4 aromatic rings. The first kappa shape index (κ1) is 20.6. The molecule has 0 heterocycles. The van der Waals surface area contributed by atoms with Gasteiger partial charge in [-0.2, -0.15) is 0 Å². The van der Waals surface area contributed by atoms with Crippen molar-refractivity contribution >= 4 is 51.0 Å². The van der Waals surface area contributed by atoms with Crippen LogP contribution in [0.5, 0.6) is 0 Å². The highest BCUT2D eigenvalue weighted by Crippen LogP contribution is 2.32. The van der Waals surface area contributed by atoms with Crippen LogP contribution >= 0.6 is 23.5 Å². The zero-order chi connectivity index (χ0) is 20.8. The summed E-state index contributed by atoms with van der Waals surface area (Å²) in [4.78, 5) is 14.3. The summed E-state index contributed by atoms with van der Waals surface area (Å²) in [6.45, 7) is 3.54. The Bertz CT molecular complexity index is 1090. The highest BCUT2D eigenvalue weighted by Gasteiger charge is 2.16. The molecule has 30 heavy (non-hydrogen) atoms. The van der Waals surface area contributed by atoms with Crippen LogP contribution in [0, 0.1) is 0 Å².